The van der Waals surface area contributed by atoms with Crippen molar-refractivity contribution in [2.45, 2.75) is 79.6 Å². The monoisotopic (exact) mass is 899 g/mol. The fourth-order valence-electron chi connectivity index (χ4n) is 12.2. The molecule has 0 atom stereocenters. The van der Waals surface area contributed by atoms with Crippen molar-refractivity contribution in [3.8, 4) is 39.4 Å². The average molecular weight is 900 g/mol. The highest BCUT2D eigenvalue weighted by molar-refractivity contribution is 6.14. The number of hydrogen-bond donors (Lipinski definition) is 0. The number of para-hydroxylation sites is 4. The molecule has 5 heterocycles. The van der Waals surface area contributed by atoms with Gasteiger partial charge in [0.25, 0.3) is 0 Å². The number of imidazole rings is 1. The first-order valence-electron chi connectivity index (χ1n) is 24.6. The Bertz CT molecular complexity index is 4070. The van der Waals surface area contributed by atoms with Crippen LogP contribution in [0.1, 0.15) is 74.9 Å². The summed E-state index contributed by atoms with van der Waals surface area (Å²) >= 11 is 0. The van der Waals surface area contributed by atoms with Crippen LogP contribution in [0.25, 0.3) is 105 Å². The highest BCUT2D eigenvalue weighted by Crippen LogP contribution is 2.53. The Morgan fingerprint density at radius 2 is 1.19 bits per heavy atom. The van der Waals surface area contributed by atoms with Gasteiger partial charge in [-0.1, -0.05) is 111 Å². The van der Waals surface area contributed by atoms with Crippen LogP contribution in [0.5, 0.6) is 0 Å². The predicted octanol–water partition coefficient (Wildman–Crippen LogP) is 16.7. The van der Waals surface area contributed by atoms with Crippen molar-refractivity contribution in [1.29, 1.82) is 0 Å². The van der Waals surface area contributed by atoms with Crippen LogP contribution in [0, 0.1) is 27.7 Å². The Hall–Kier alpha value is -7.90. The molecule has 5 aromatic heterocycles. The number of nitrogens with zero attached hydrogens (tertiary/aromatic N) is 5. The lowest BCUT2D eigenvalue weighted by Crippen LogP contribution is -2.26. The van der Waals surface area contributed by atoms with Crippen molar-refractivity contribution in [3.63, 3.8) is 0 Å². The first-order valence-corrected chi connectivity index (χ1v) is 24.6. The first-order chi connectivity index (χ1) is 33.7. The van der Waals surface area contributed by atoms with Crippen LogP contribution in [0.4, 0.5) is 0 Å². The molecular formula is C62H53N5O2. The molecule has 0 spiro atoms. The second-order valence-electron chi connectivity index (χ2n) is 19.1. The fraction of sp³-hybridized carbons (Fsp3) is 0.194. The van der Waals surface area contributed by atoms with Gasteiger partial charge in [0.2, 0.25) is 0 Å². The second kappa shape index (κ2) is 15.3. The van der Waals surface area contributed by atoms with Crippen LogP contribution in [0.3, 0.4) is 0 Å². The van der Waals surface area contributed by atoms with Crippen LogP contribution in [-0.2, 0) is 5.41 Å². The molecule has 0 saturated heterocycles. The number of hydrogen-bond acceptors (Lipinski definition) is 4. The van der Waals surface area contributed by atoms with E-state index >= 15 is 0 Å². The normalized spacial score (nSPS) is 13.2. The molecule has 13 rings (SSSR count). The molecular weight excluding hydrogens is 847 g/mol. The molecule has 7 nitrogen and oxygen atoms in total. The van der Waals surface area contributed by atoms with E-state index in [1.807, 2.05) is 12.1 Å². The van der Waals surface area contributed by atoms with E-state index in [9.17, 15) is 0 Å². The quantitative estimate of drug-likeness (QED) is 0.128. The Morgan fingerprint density at radius 3 is 1.93 bits per heavy atom. The van der Waals surface area contributed by atoms with Crippen LogP contribution < -0.4 is 0 Å². The highest BCUT2D eigenvalue weighted by atomic mass is 16.3. The van der Waals surface area contributed by atoms with E-state index in [1.165, 1.54) is 22.0 Å². The molecule has 0 amide bonds. The van der Waals surface area contributed by atoms with E-state index in [-0.39, 0.29) is 5.41 Å². The van der Waals surface area contributed by atoms with Crippen molar-refractivity contribution < 1.29 is 8.83 Å². The molecule has 1 aliphatic rings. The maximum atomic E-state index is 7.06. The number of allylic oxidation sites excluding steroid dienone is 2. The van der Waals surface area contributed by atoms with E-state index < -0.39 is 0 Å². The molecule has 1 aliphatic carbocycles. The molecule has 7 heteroatoms. The van der Waals surface area contributed by atoms with E-state index in [0.717, 1.165) is 137 Å². The number of furan rings is 2. The van der Waals surface area contributed by atoms with Crippen LogP contribution in [0.15, 0.2) is 166 Å². The maximum absolute atomic E-state index is 7.06. The SMILES string of the molecule is CCC1=C(C(CC)(CC)c2ccccc2-n2nc(C)c(-c3ccc4oc5c(-n6c7ccccc7c7ccccc76)cc(-c6nc(C)n(-c7ccc8oc9ccccc9c8c7)c6C)cc5c4c3)c2C)C1. The molecule has 0 unspecified atom stereocenters. The molecule has 338 valence electrons. The van der Waals surface area contributed by atoms with Gasteiger partial charge in [0.05, 0.1) is 33.8 Å². The van der Waals surface area contributed by atoms with Gasteiger partial charge < -0.3 is 18.0 Å². The van der Waals surface area contributed by atoms with Crippen molar-refractivity contribution in [3.05, 3.63) is 185 Å². The van der Waals surface area contributed by atoms with Gasteiger partial charge in [-0.25, -0.2) is 9.67 Å². The number of fused-ring (bicyclic) bond motifs is 9. The van der Waals surface area contributed by atoms with E-state index in [2.05, 4.69) is 196 Å². The van der Waals surface area contributed by atoms with E-state index in [0.29, 0.717) is 0 Å². The zero-order valence-electron chi connectivity index (χ0n) is 40.2. The van der Waals surface area contributed by atoms with Gasteiger partial charge in [-0.15, -0.1) is 0 Å². The average Bonchev–Trinajstić information content (AvgIpc) is 3.59. The summed E-state index contributed by atoms with van der Waals surface area (Å²) in [6, 6.07) is 52.3. The van der Waals surface area contributed by atoms with E-state index in [1.54, 1.807) is 11.1 Å². The molecule has 12 aromatic rings. The minimum atomic E-state index is 0.00380. The maximum Gasteiger partial charge on any atom is 0.159 e. The van der Waals surface area contributed by atoms with Crippen molar-refractivity contribution >= 4 is 65.7 Å². The van der Waals surface area contributed by atoms with Crippen molar-refractivity contribution in [2.75, 3.05) is 0 Å². The minimum Gasteiger partial charge on any atom is -0.456 e. The zero-order chi connectivity index (χ0) is 46.9. The summed E-state index contributed by atoms with van der Waals surface area (Å²) in [5.74, 6) is 0.909. The number of aryl methyl sites for hydroxylation is 2. The largest absolute Gasteiger partial charge is 0.456 e. The van der Waals surface area contributed by atoms with Gasteiger partial charge in [0.15, 0.2) is 5.58 Å². The van der Waals surface area contributed by atoms with Gasteiger partial charge in [0, 0.05) is 65.9 Å². The topological polar surface area (TPSA) is 66.8 Å². The first kappa shape index (κ1) is 41.3. The third-order valence-corrected chi connectivity index (χ3v) is 15.7. The number of benzene rings is 7. The van der Waals surface area contributed by atoms with Gasteiger partial charge in [-0.05, 0) is 131 Å². The van der Waals surface area contributed by atoms with Gasteiger partial charge >= 0.3 is 0 Å². The Kier molecular flexibility index (Phi) is 9.16. The Balaban J connectivity index is 1.02. The van der Waals surface area contributed by atoms with Gasteiger partial charge in [-0.3, -0.25) is 0 Å². The van der Waals surface area contributed by atoms with Crippen molar-refractivity contribution in [2.24, 2.45) is 0 Å². The summed E-state index contributed by atoms with van der Waals surface area (Å²) in [4.78, 5) is 5.37. The molecule has 0 N–H and O–H groups in total. The van der Waals surface area contributed by atoms with Crippen LogP contribution in [-0.4, -0.2) is 23.9 Å². The molecule has 0 aliphatic heterocycles. The van der Waals surface area contributed by atoms with E-state index in [4.69, 9.17) is 18.9 Å². The molecule has 0 fully saturated rings. The summed E-state index contributed by atoms with van der Waals surface area (Å²) in [6.07, 6.45) is 4.40. The highest BCUT2D eigenvalue weighted by Gasteiger charge is 2.42. The predicted molar refractivity (Wildman–Crippen MR) is 284 cm³/mol. The number of rotatable bonds is 10. The summed E-state index contributed by atoms with van der Waals surface area (Å²) in [7, 11) is 0. The Morgan fingerprint density at radius 1 is 0.551 bits per heavy atom. The van der Waals surface area contributed by atoms with Gasteiger partial charge in [0.1, 0.15) is 22.6 Å². The summed E-state index contributed by atoms with van der Waals surface area (Å²) < 4.78 is 20.1. The minimum absolute atomic E-state index is 0.00380. The summed E-state index contributed by atoms with van der Waals surface area (Å²) in [5, 5.41) is 12.0. The molecule has 0 saturated carbocycles. The summed E-state index contributed by atoms with van der Waals surface area (Å²) in [6.45, 7) is 15.7. The fourth-order valence-corrected chi connectivity index (χ4v) is 12.2. The second-order valence-corrected chi connectivity index (χ2v) is 19.1. The zero-order valence-corrected chi connectivity index (χ0v) is 40.2. The van der Waals surface area contributed by atoms with Crippen LogP contribution in [0.2, 0.25) is 0 Å². The summed E-state index contributed by atoms with van der Waals surface area (Å²) in [5.41, 5.74) is 20.8. The molecule has 0 bridgehead atoms. The van der Waals surface area contributed by atoms with Crippen molar-refractivity contribution in [1.82, 2.24) is 23.9 Å². The molecule has 0 radical (unpaired) electrons. The third-order valence-electron chi connectivity index (χ3n) is 15.7. The standard InChI is InChI=1S/C62H53N5O2/c1-8-40-33-51(40)62(9-2,10-3)50-22-14-17-25-54(50)67-37(5)59(36(4)64-67)41-27-29-58-47(31-41)49-32-42(34-55(61(49)69-58)66-52-23-15-11-19-44(52)45-20-12-16-24-53(45)66)60-38(6)65(39(7)63-60)43-28-30-57-48(35-43)46-21-13-18-26-56(46)68-57/h11-32,34-35H,8-10,33H2,1-7H3. The van der Waals surface area contributed by atoms with Gasteiger partial charge in [-0.2, -0.15) is 5.10 Å². The lowest BCUT2D eigenvalue weighted by Gasteiger charge is -2.33. The molecule has 7 aromatic carbocycles. The molecule has 69 heavy (non-hydrogen) atoms. The Labute approximate surface area is 400 Å². The number of aromatic nitrogens is 5. The smallest absolute Gasteiger partial charge is 0.159 e. The lowest BCUT2D eigenvalue weighted by molar-refractivity contribution is 0.475. The lowest BCUT2D eigenvalue weighted by atomic mass is 9.72. The van der Waals surface area contributed by atoms with Crippen LogP contribution >= 0.6 is 0 Å². The third kappa shape index (κ3) is 5.99.